The van der Waals surface area contributed by atoms with Crippen LogP contribution in [0, 0.1) is 0 Å². The topological polar surface area (TPSA) is 55.8 Å². The Labute approximate surface area is 91.0 Å². The molecule has 5 nitrogen and oxygen atoms in total. The minimum atomic E-state index is -0.772. The molecule has 1 fully saturated rings. The van der Waals surface area contributed by atoms with E-state index in [0.29, 0.717) is 12.6 Å². The van der Waals surface area contributed by atoms with Gasteiger partial charge >= 0.3 is 5.97 Å². The van der Waals surface area contributed by atoms with E-state index in [1.807, 2.05) is 0 Å². The van der Waals surface area contributed by atoms with Crippen molar-refractivity contribution in [3.63, 3.8) is 0 Å². The number of likely N-dealkylation sites (tertiary alicyclic amines) is 1. The highest BCUT2D eigenvalue weighted by molar-refractivity contribution is 5.73. The smallest absolute Gasteiger partial charge is 0.322 e. The van der Waals surface area contributed by atoms with Crippen molar-refractivity contribution in [1.82, 2.24) is 15.1 Å². The first-order valence-electron chi connectivity index (χ1n) is 5.33. The molecule has 1 rings (SSSR count). The number of aliphatic carboxylic acids is 1. The monoisotopic (exact) mass is 215 g/mol. The molecule has 5 heteroatoms. The summed E-state index contributed by atoms with van der Waals surface area (Å²) in [7, 11) is 5.83. The van der Waals surface area contributed by atoms with Gasteiger partial charge in [-0.2, -0.15) is 0 Å². The molecule has 0 aliphatic carbocycles. The van der Waals surface area contributed by atoms with Crippen molar-refractivity contribution in [2.45, 2.75) is 18.5 Å². The molecule has 2 unspecified atom stereocenters. The number of likely N-dealkylation sites (N-methyl/N-ethyl adjacent to an activating group) is 2. The normalized spacial score (nSPS) is 24.7. The third-order valence-corrected chi connectivity index (χ3v) is 3.07. The molecule has 1 aliphatic heterocycles. The van der Waals surface area contributed by atoms with E-state index in [-0.39, 0.29) is 0 Å². The van der Waals surface area contributed by atoms with Gasteiger partial charge in [-0.3, -0.25) is 9.69 Å². The van der Waals surface area contributed by atoms with Gasteiger partial charge in [-0.25, -0.2) is 0 Å². The molecule has 0 radical (unpaired) electrons. The summed E-state index contributed by atoms with van der Waals surface area (Å²) in [5, 5.41) is 11.7. The lowest BCUT2D eigenvalue weighted by Gasteiger charge is -2.22. The van der Waals surface area contributed by atoms with Gasteiger partial charge in [0.25, 0.3) is 0 Å². The van der Waals surface area contributed by atoms with Crippen LogP contribution in [-0.2, 0) is 4.79 Å². The first-order chi connectivity index (χ1) is 7.04. The van der Waals surface area contributed by atoms with Gasteiger partial charge in [-0.05, 0) is 34.1 Å². The van der Waals surface area contributed by atoms with Crippen LogP contribution in [0.3, 0.4) is 0 Å². The van der Waals surface area contributed by atoms with E-state index < -0.39 is 12.0 Å². The van der Waals surface area contributed by atoms with Crippen molar-refractivity contribution in [3.8, 4) is 0 Å². The van der Waals surface area contributed by atoms with E-state index in [0.717, 1.165) is 19.5 Å². The van der Waals surface area contributed by atoms with Crippen LogP contribution in [0.2, 0.25) is 0 Å². The van der Waals surface area contributed by atoms with Gasteiger partial charge in [0.1, 0.15) is 6.04 Å². The van der Waals surface area contributed by atoms with Crippen molar-refractivity contribution in [2.24, 2.45) is 0 Å². The number of carbonyl (C=O) groups is 1. The molecule has 0 aromatic heterocycles. The summed E-state index contributed by atoms with van der Waals surface area (Å²) in [6, 6.07) is 0.113. The fourth-order valence-electron chi connectivity index (χ4n) is 1.95. The Balaban J connectivity index is 2.37. The van der Waals surface area contributed by atoms with E-state index in [1.54, 1.807) is 7.05 Å². The van der Waals surface area contributed by atoms with E-state index >= 15 is 0 Å². The first kappa shape index (κ1) is 12.4. The van der Waals surface area contributed by atoms with Crippen LogP contribution >= 0.6 is 0 Å². The molecule has 88 valence electrons. The summed E-state index contributed by atoms with van der Waals surface area (Å²) >= 11 is 0. The predicted octanol–water partition coefficient (Wildman–Crippen LogP) is -0.705. The molecule has 0 spiro atoms. The zero-order valence-electron chi connectivity index (χ0n) is 9.73. The Kier molecular flexibility index (Phi) is 4.50. The zero-order valence-corrected chi connectivity index (χ0v) is 9.73. The van der Waals surface area contributed by atoms with Crippen molar-refractivity contribution < 1.29 is 9.90 Å². The molecule has 1 saturated heterocycles. The SMILES string of the molecule is CNC(CN1CCC(N(C)C)C1)C(=O)O. The van der Waals surface area contributed by atoms with Crippen LogP contribution < -0.4 is 5.32 Å². The quantitative estimate of drug-likeness (QED) is 0.635. The summed E-state index contributed by atoms with van der Waals surface area (Å²) in [4.78, 5) is 15.2. The highest BCUT2D eigenvalue weighted by atomic mass is 16.4. The molecular weight excluding hydrogens is 194 g/mol. The van der Waals surface area contributed by atoms with Gasteiger partial charge < -0.3 is 15.3 Å². The van der Waals surface area contributed by atoms with Crippen molar-refractivity contribution in [1.29, 1.82) is 0 Å². The lowest BCUT2D eigenvalue weighted by molar-refractivity contribution is -0.139. The number of nitrogens with one attached hydrogen (secondary N) is 1. The molecule has 0 amide bonds. The van der Waals surface area contributed by atoms with Gasteiger partial charge in [0.2, 0.25) is 0 Å². The lowest BCUT2D eigenvalue weighted by atomic mass is 10.2. The van der Waals surface area contributed by atoms with Crippen molar-refractivity contribution >= 4 is 5.97 Å². The molecule has 2 atom stereocenters. The number of rotatable bonds is 5. The van der Waals surface area contributed by atoms with Crippen molar-refractivity contribution in [3.05, 3.63) is 0 Å². The number of carboxylic acid groups (broad SMARTS) is 1. The molecule has 1 aliphatic rings. The highest BCUT2D eigenvalue weighted by Gasteiger charge is 2.27. The largest absolute Gasteiger partial charge is 0.480 e. The molecule has 0 saturated carbocycles. The van der Waals surface area contributed by atoms with E-state index in [9.17, 15) is 4.79 Å². The second kappa shape index (κ2) is 5.44. The fourth-order valence-corrected chi connectivity index (χ4v) is 1.95. The number of hydrogen-bond donors (Lipinski definition) is 2. The third kappa shape index (κ3) is 3.44. The lowest BCUT2D eigenvalue weighted by Crippen LogP contribution is -2.44. The summed E-state index contributed by atoms with van der Waals surface area (Å²) in [5.74, 6) is -0.772. The van der Waals surface area contributed by atoms with Gasteiger partial charge in [0.05, 0.1) is 0 Å². The summed E-state index contributed by atoms with van der Waals surface area (Å²) in [6.45, 7) is 2.56. The Morgan fingerprint density at radius 3 is 2.73 bits per heavy atom. The van der Waals surface area contributed by atoms with Crippen LogP contribution in [0.25, 0.3) is 0 Å². The Hall–Kier alpha value is -0.650. The average Bonchev–Trinajstić information content (AvgIpc) is 2.61. The molecule has 0 bridgehead atoms. The average molecular weight is 215 g/mol. The second-order valence-electron chi connectivity index (χ2n) is 4.35. The van der Waals surface area contributed by atoms with Gasteiger partial charge in [0, 0.05) is 19.1 Å². The summed E-state index contributed by atoms with van der Waals surface area (Å²) in [5.41, 5.74) is 0. The molecule has 15 heavy (non-hydrogen) atoms. The Morgan fingerprint density at radius 1 is 1.67 bits per heavy atom. The molecular formula is C10H21N3O2. The number of carboxylic acids is 1. The summed E-state index contributed by atoms with van der Waals surface area (Å²) < 4.78 is 0. The maximum absolute atomic E-state index is 10.8. The zero-order chi connectivity index (χ0) is 11.4. The van der Waals surface area contributed by atoms with Gasteiger partial charge in [-0.1, -0.05) is 0 Å². The van der Waals surface area contributed by atoms with Crippen LogP contribution in [0.1, 0.15) is 6.42 Å². The van der Waals surface area contributed by atoms with Crippen molar-refractivity contribution in [2.75, 3.05) is 40.8 Å². The van der Waals surface area contributed by atoms with E-state index in [4.69, 9.17) is 5.11 Å². The third-order valence-electron chi connectivity index (χ3n) is 3.07. The van der Waals surface area contributed by atoms with Crippen LogP contribution in [0.5, 0.6) is 0 Å². The van der Waals surface area contributed by atoms with E-state index in [2.05, 4.69) is 29.2 Å². The minimum Gasteiger partial charge on any atom is -0.480 e. The maximum atomic E-state index is 10.8. The van der Waals surface area contributed by atoms with E-state index in [1.165, 1.54) is 0 Å². The molecule has 1 heterocycles. The van der Waals surface area contributed by atoms with Gasteiger partial charge in [0.15, 0.2) is 0 Å². The van der Waals surface area contributed by atoms with Crippen LogP contribution in [0.4, 0.5) is 0 Å². The summed E-state index contributed by atoms with van der Waals surface area (Å²) in [6.07, 6.45) is 1.13. The highest BCUT2D eigenvalue weighted by Crippen LogP contribution is 2.13. The Bertz CT molecular complexity index is 221. The number of nitrogens with zero attached hydrogens (tertiary/aromatic N) is 2. The standard InChI is InChI=1S/C10H21N3O2/c1-11-9(10(14)15)7-13-5-4-8(6-13)12(2)3/h8-9,11H,4-7H2,1-3H3,(H,14,15). The second-order valence-corrected chi connectivity index (χ2v) is 4.35. The Morgan fingerprint density at radius 2 is 2.33 bits per heavy atom. The molecule has 2 N–H and O–H groups in total. The number of hydrogen-bond acceptors (Lipinski definition) is 4. The van der Waals surface area contributed by atoms with Crippen LogP contribution in [0.15, 0.2) is 0 Å². The predicted molar refractivity (Wildman–Crippen MR) is 59.0 cm³/mol. The maximum Gasteiger partial charge on any atom is 0.322 e. The fraction of sp³-hybridized carbons (Fsp3) is 0.900. The minimum absolute atomic E-state index is 0.453. The van der Waals surface area contributed by atoms with Gasteiger partial charge in [-0.15, -0.1) is 0 Å². The molecule has 0 aromatic carbocycles. The molecule has 0 aromatic rings. The van der Waals surface area contributed by atoms with Crippen LogP contribution in [-0.4, -0.2) is 73.7 Å². The first-order valence-corrected chi connectivity index (χ1v) is 5.33.